The van der Waals surface area contributed by atoms with Crippen molar-refractivity contribution in [3.63, 3.8) is 0 Å². The highest BCUT2D eigenvalue weighted by Crippen LogP contribution is 2.47. The fourth-order valence-electron chi connectivity index (χ4n) is 7.23. The first-order valence-electron chi connectivity index (χ1n) is 20.2. The molecule has 10 rings (SSSR count). The van der Waals surface area contributed by atoms with E-state index in [-0.39, 0.29) is 45.7 Å². The van der Waals surface area contributed by atoms with Gasteiger partial charge in [0.1, 0.15) is 11.2 Å². The topological polar surface area (TPSA) is 13.1 Å². The minimum atomic E-state index is -0.439. The van der Waals surface area contributed by atoms with Gasteiger partial charge in [0, 0.05) is 10.8 Å². The molecule has 0 aliphatic carbocycles. The number of fused-ring (bicyclic) bond motifs is 6. The minimum absolute atomic E-state index is 0.167. The van der Waals surface area contributed by atoms with Gasteiger partial charge in [-0.15, -0.1) is 0 Å². The van der Waals surface area contributed by atoms with E-state index in [9.17, 15) is 5.48 Å². The van der Waals surface area contributed by atoms with Crippen molar-refractivity contribution < 1.29 is 15.4 Å². The van der Waals surface area contributed by atoms with E-state index in [1.807, 2.05) is 121 Å². The van der Waals surface area contributed by atoms with Crippen LogP contribution in [0.4, 0.5) is 0 Å². The molecular weight excluding hydrogens is 593 g/mol. The van der Waals surface area contributed by atoms with Crippen molar-refractivity contribution in [2.75, 3.05) is 0 Å². The average Bonchev–Trinajstić information content (AvgIpc) is 3.61. The third-order valence-corrected chi connectivity index (χ3v) is 9.50. The normalized spacial score (nSPS) is 14.0. The summed E-state index contributed by atoms with van der Waals surface area (Å²) in [6.45, 7) is 0. The molecule has 1 heteroatoms. The lowest BCUT2D eigenvalue weighted by molar-refractivity contribution is 0.669. The SMILES string of the molecule is [2H]c1c([2H])c([2H])c2c(-c3ccccc3-c3ccc(-c4ccccc4)cc3)c3c([2H])c([2H])c([2H])c([2H])c3c(-c3ccc4oc5cc6ccccc6cc5c4c3)c2c1[2H]. The largest absolute Gasteiger partial charge is 0.456 e. The lowest BCUT2D eigenvalue weighted by atomic mass is 9.83. The Kier molecular flexibility index (Phi) is 4.69. The van der Waals surface area contributed by atoms with Crippen molar-refractivity contribution in [3.8, 4) is 44.5 Å². The summed E-state index contributed by atoms with van der Waals surface area (Å²) in [6.07, 6.45) is 0. The van der Waals surface area contributed by atoms with Crippen LogP contribution in [0.1, 0.15) is 11.0 Å². The Bertz CT molecular complexity index is 3240. The third-order valence-electron chi connectivity index (χ3n) is 9.50. The van der Waals surface area contributed by atoms with Crippen LogP contribution in [-0.4, -0.2) is 0 Å². The van der Waals surface area contributed by atoms with E-state index in [0.717, 1.165) is 43.8 Å². The lowest BCUT2D eigenvalue weighted by Gasteiger charge is -2.20. The molecule has 0 saturated carbocycles. The molecule has 0 spiro atoms. The van der Waals surface area contributed by atoms with Crippen LogP contribution < -0.4 is 0 Å². The highest BCUT2D eigenvalue weighted by molar-refractivity contribution is 6.23. The Labute approximate surface area is 295 Å². The molecule has 1 heterocycles. The second kappa shape index (κ2) is 11.1. The van der Waals surface area contributed by atoms with Crippen molar-refractivity contribution in [2.24, 2.45) is 0 Å². The highest BCUT2D eigenvalue weighted by Gasteiger charge is 2.20. The average molecular weight is 631 g/mol. The van der Waals surface area contributed by atoms with Gasteiger partial charge >= 0.3 is 0 Å². The van der Waals surface area contributed by atoms with Gasteiger partial charge < -0.3 is 4.42 Å². The Morgan fingerprint density at radius 1 is 0.347 bits per heavy atom. The molecule has 0 aliphatic heterocycles. The second-order valence-corrected chi connectivity index (χ2v) is 12.2. The molecule has 10 aromatic rings. The monoisotopic (exact) mass is 630 g/mol. The highest BCUT2D eigenvalue weighted by atomic mass is 16.3. The Morgan fingerprint density at radius 2 is 0.857 bits per heavy atom. The van der Waals surface area contributed by atoms with Crippen molar-refractivity contribution in [1.82, 2.24) is 0 Å². The van der Waals surface area contributed by atoms with Gasteiger partial charge in [-0.1, -0.05) is 158 Å². The molecule has 0 radical (unpaired) electrons. The molecule has 0 bridgehead atoms. The Morgan fingerprint density at radius 3 is 1.55 bits per heavy atom. The maximum Gasteiger partial charge on any atom is 0.136 e. The van der Waals surface area contributed by atoms with Crippen LogP contribution in [0.2, 0.25) is 0 Å². The zero-order valence-corrected chi connectivity index (χ0v) is 26.1. The van der Waals surface area contributed by atoms with Crippen molar-refractivity contribution in [2.45, 2.75) is 0 Å². The Hall–Kier alpha value is -6.44. The molecule has 1 aromatic heterocycles. The van der Waals surface area contributed by atoms with Crippen LogP contribution in [0.3, 0.4) is 0 Å². The molecule has 1 nitrogen and oxygen atoms in total. The molecular formula is C48H30O. The van der Waals surface area contributed by atoms with E-state index in [0.29, 0.717) is 33.4 Å². The number of furan rings is 1. The first-order chi connectivity index (χ1) is 27.6. The molecule has 0 fully saturated rings. The third kappa shape index (κ3) is 4.47. The number of hydrogen-bond acceptors (Lipinski definition) is 1. The van der Waals surface area contributed by atoms with E-state index in [4.69, 9.17) is 9.90 Å². The summed E-state index contributed by atoms with van der Waals surface area (Å²) in [7, 11) is 0. The van der Waals surface area contributed by atoms with Crippen molar-refractivity contribution >= 4 is 54.3 Å². The number of benzene rings is 9. The van der Waals surface area contributed by atoms with Gasteiger partial charge in [0.2, 0.25) is 0 Å². The summed E-state index contributed by atoms with van der Waals surface area (Å²) < 4.78 is 79.7. The minimum Gasteiger partial charge on any atom is -0.456 e. The molecule has 0 unspecified atom stereocenters. The summed E-state index contributed by atoms with van der Waals surface area (Å²) in [4.78, 5) is 0. The standard InChI is InChI=1S/C48H30O/c1-2-12-31(13-3-1)32-22-24-33(25-23-32)37-16-6-7-17-38(37)48-41-20-10-8-18-39(41)47(40-19-9-11-21-42(40)48)36-26-27-45-43(29-36)44-28-34-14-4-5-15-35(34)30-46(44)49-45/h1-30H/i8D,9D,10D,11D,18D,19D,20D,21D. The molecule has 0 aliphatic rings. The van der Waals surface area contributed by atoms with Gasteiger partial charge in [-0.25, -0.2) is 0 Å². The quantitative estimate of drug-likeness (QED) is 0.176. The zero-order chi connectivity index (χ0) is 39.3. The van der Waals surface area contributed by atoms with Gasteiger partial charge in [0.25, 0.3) is 0 Å². The van der Waals surface area contributed by atoms with E-state index < -0.39 is 24.2 Å². The Balaban J connectivity index is 1.34. The summed E-state index contributed by atoms with van der Waals surface area (Å²) >= 11 is 0. The first-order valence-corrected chi connectivity index (χ1v) is 16.2. The van der Waals surface area contributed by atoms with Crippen molar-refractivity contribution in [1.29, 1.82) is 0 Å². The maximum absolute atomic E-state index is 9.46. The number of rotatable bonds is 4. The molecule has 49 heavy (non-hydrogen) atoms. The summed E-state index contributed by atoms with van der Waals surface area (Å²) in [5, 5.41) is 4.35. The summed E-state index contributed by atoms with van der Waals surface area (Å²) in [5.74, 6) is 0. The van der Waals surface area contributed by atoms with Gasteiger partial charge in [-0.05, 0) is 101 Å². The van der Waals surface area contributed by atoms with Gasteiger partial charge in [-0.3, -0.25) is 0 Å². The molecule has 0 saturated heterocycles. The fourth-order valence-corrected chi connectivity index (χ4v) is 7.23. The van der Waals surface area contributed by atoms with Crippen LogP contribution in [0, 0.1) is 0 Å². The van der Waals surface area contributed by atoms with Crippen LogP contribution >= 0.6 is 0 Å². The maximum atomic E-state index is 9.46. The molecule has 0 atom stereocenters. The van der Waals surface area contributed by atoms with E-state index in [1.54, 1.807) is 6.07 Å². The van der Waals surface area contributed by atoms with E-state index >= 15 is 0 Å². The predicted octanol–water partition coefficient (Wildman–Crippen LogP) is 13.7. The van der Waals surface area contributed by atoms with Crippen LogP contribution in [0.25, 0.3) is 98.8 Å². The van der Waals surface area contributed by atoms with Crippen LogP contribution in [0.15, 0.2) is 186 Å². The van der Waals surface area contributed by atoms with Gasteiger partial charge in [0.05, 0.1) is 11.0 Å². The van der Waals surface area contributed by atoms with E-state index in [2.05, 4.69) is 6.07 Å². The van der Waals surface area contributed by atoms with Crippen LogP contribution in [0.5, 0.6) is 0 Å². The van der Waals surface area contributed by atoms with Gasteiger partial charge in [-0.2, -0.15) is 0 Å². The van der Waals surface area contributed by atoms with Crippen LogP contribution in [-0.2, 0) is 0 Å². The fraction of sp³-hybridized carbons (Fsp3) is 0. The van der Waals surface area contributed by atoms with E-state index in [1.165, 1.54) is 0 Å². The first kappa shape index (κ1) is 20.7. The molecule has 9 aromatic carbocycles. The summed E-state index contributed by atoms with van der Waals surface area (Å²) in [6, 6.07) is 40.2. The zero-order valence-electron chi connectivity index (χ0n) is 34.1. The smallest absolute Gasteiger partial charge is 0.136 e. The van der Waals surface area contributed by atoms with Gasteiger partial charge in [0.15, 0.2) is 0 Å². The number of hydrogen-bond donors (Lipinski definition) is 0. The van der Waals surface area contributed by atoms with Crippen molar-refractivity contribution in [3.05, 3.63) is 182 Å². The second-order valence-electron chi connectivity index (χ2n) is 12.2. The lowest BCUT2D eigenvalue weighted by Crippen LogP contribution is -1.92. The molecule has 0 amide bonds. The molecule has 228 valence electrons. The molecule has 0 N–H and O–H groups in total. The summed E-state index contributed by atoms with van der Waals surface area (Å²) in [5.41, 5.74) is 6.67. The predicted molar refractivity (Wildman–Crippen MR) is 208 cm³/mol.